The maximum absolute atomic E-state index is 2.71. The van der Waals surface area contributed by atoms with Crippen molar-refractivity contribution in [1.29, 1.82) is 0 Å². The zero-order valence-electron chi connectivity index (χ0n) is 87.1. The van der Waals surface area contributed by atoms with E-state index in [1.807, 2.05) is 33.4 Å². The molecule has 0 aromatic carbocycles. The van der Waals surface area contributed by atoms with Crippen LogP contribution in [-0.4, -0.2) is 0 Å². The van der Waals surface area contributed by atoms with E-state index in [-0.39, 0.29) is 0 Å². The van der Waals surface area contributed by atoms with E-state index in [1.165, 1.54) is 289 Å². The fourth-order valence-corrected chi connectivity index (χ4v) is 41.3. The lowest BCUT2D eigenvalue weighted by Crippen LogP contribution is -2.50. The van der Waals surface area contributed by atoms with Gasteiger partial charge >= 0.3 is 0 Å². The van der Waals surface area contributed by atoms with E-state index in [2.05, 4.69) is 221 Å². The minimum absolute atomic E-state index is 0.533. The van der Waals surface area contributed by atoms with Gasteiger partial charge in [-0.05, 0) is 534 Å². The molecule has 39 atom stereocenters. The first-order chi connectivity index (χ1) is 59.7. The Kier molecular flexibility index (Phi) is 24.9. The number of allylic oxidation sites excluding steroid dienone is 18. The summed E-state index contributed by atoms with van der Waals surface area (Å²) >= 11 is 0. The summed E-state index contributed by atoms with van der Waals surface area (Å²) in [6.45, 7) is 60.9. The molecule has 0 amide bonds. The van der Waals surface area contributed by atoms with Gasteiger partial charge in [-0.25, -0.2) is 0 Å². The van der Waals surface area contributed by atoms with Gasteiger partial charge in [0, 0.05) is 0 Å². The molecule has 0 heteroatoms. The SMILES string of the molecule is CC1=CCC2C3CC=C4C[C@@H](C)CCC4(C)C3CCC12C.CC1=CCC2C3CC=C4C[C@H](C)CCC4(C)C3CCC12C.CC1=CCC2C3CCC4=C[C@@H](C)CCC4(C)C3CCC12C.CC1CCC2C3CC=C4C[C@@H](C)CCC4(C)C3CCC12C.CC1CCC2C3CC=C4C[C@H](C)CCC4(C)C3CCC12C.CC1CCC2C3CCC4=C[C@@H](C)CCC4(C)C3CCC12C. The Balaban J connectivity index is 0.0000000987. The first-order valence-electron chi connectivity index (χ1n) is 56.9. The summed E-state index contributed by atoms with van der Waals surface area (Å²) in [7, 11) is 0. The van der Waals surface area contributed by atoms with Crippen molar-refractivity contribution in [3.63, 3.8) is 0 Å². The van der Waals surface area contributed by atoms with Gasteiger partial charge in [0.2, 0.25) is 0 Å². The van der Waals surface area contributed by atoms with Crippen molar-refractivity contribution in [3.8, 4) is 0 Å². The van der Waals surface area contributed by atoms with Crippen LogP contribution in [0.4, 0.5) is 0 Å². The molecule has 24 rings (SSSR count). The highest BCUT2D eigenvalue weighted by Gasteiger charge is 2.65. The summed E-state index contributed by atoms with van der Waals surface area (Å²) < 4.78 is 0. The largest absolute Gasteiger partial charge is 0.0847 e. The predicted octanol–water partition coefficient (Wildman–Crippen LogP) is 37.1. The molecule has 15 fully saturated rings. The third kappa shape index (κ3) is 14.8. The highest BCUT2D eigenvalue weighted by molar-refractivity contribution is 5.35. The van der Waals surface area contributed by atoms with Gasteiger partial charge in [0.25, 0.3) is 0 Å². The molecular weight excluding hydrogens is 1510 g/mol. The van der Waals surface area contributed by atoms with Gasteiger partial charge in [0.1, 0.15) is 0 Å². The first-order valence-corrected chi connectivity index (χ1v) is 56.9. The van der Waals surface area contributed by atoms with Gasteiger partial charge in [-0.3, -0.25) is 0 Å². The zero-order chi connectivity index (χ0) is 89.0. The number of rotatable bonds is 0. The number of hydrogen-bond donors (Lipinski definition) is 0. The van der Waals surface area contributed by atoms with Crippen molar-refractivity contribution in [2.24, 2.45) is 225 Å². The Bertz CT molecular complexity index is 3980. The van der Waals surface area contributed by atoms with Crippen molar-refractivity contribution in [2.45, 2.75) is 455 Å². The Morgan fingerprint density at radius 2 is 0.429 bits per heavy atom. The van der Waals surface area contributed by atoms with Gasteiger partial charge in [0.15, 0.2) is 0 Å². The lowest BCUT2D eigenvalue weighted by atomic mass is 9.46. The number of hydrogen-bond acceptors (Lipinski definition) is 0. The van der Waals surface area contributed by atoms with Crippen molar-refractivity contribution in [2.75, 3.05) is 0 Å². The molecule has 24 aliphatic carbocycles. The maximum Gasteiger partial charge on any atom is -0.00850 e. The second-order valence-electron chi connectivity index (χ2n) is 56.3. The average molecular weight is 1710 g/mol. The third-order valence-corrected chi connectivity index (χ3v) is 51.4. The van der Waals surface area contributed by atoms with E-state index >= 15 is 0 Å². The molecule has 702 valence electrons. The van der Waals surface area contributed by atoms with Crippen LogP contribution in [0.2, 0.25) is 0 Å². The Morgan fingerprint density at radius 3 is 0.730 bits per heavy atom. The van der Waals surface area contributed by atoms with Crippen LogP contribution in [0.5, 0.6) is 0 Å². The van der Waals surface area contributed by atoms with Crippen LogP contribution < -0.4 is 0 Å². The van der Waals surface area contributed by atoms with Gasteiger partial charge in [-0.15, -0.1) is 0 Å². The molecule has 0 heterocycles. The van der Waals surface area contributed by atoms with E-state index in [9.17, 15) is 0 Å². The third-order valence-electron chi connectivity index (χ3n) is 51.4. The van der Waals surface area contributed by atoms with E-state index in [0.29, 0.717) is 65.0 Å². The van der Waals surface area contributed by atoms with Crippen LogP contribution in [0.25, 0.3) is 0 Å². The summed E-state index contributed by atoms with van der Waals surface area (Å²) in [6.07, 6.45) is 89.3. The number of fused-ring (bicyclic) bond motifs is 30. The molecule has 0 spiro atoms. The molecular formula is C126H198. The molecule has 0 radical (unpaired) electrons. The molecule has 126 heavy (non-hydrogen) atoms. The highest BCUT2D eigenvalue weighted by Crippen LogP contribution is 2.74. The van der Waals surface area contributed by atoms with Gasteiger partial charge in [-0.1, -0.05) is 250 Å². The Morgan fingerprint density at radius 1 is 0.198 bits per heavy atom. The fourth-order valence-electron chi connectivity index (χ4n) is 41.3. The van der Waals surface area contributed by atoms with Gasteiger partial charge in [-0.2, -0.15) is 0 Å². The topological polar surface area (TPSA) is 0 Å². The fraction of sp³-hybridized carbons (Fsp3) is 0.857. The molecule has 0 saturated heterocycles. The second kappa shape index (κ2) is 33.8. The lowest BCUT2D eigenvalue weighted by molar-refractivity contribution is -0.0500. The van der Waals surface area contributed by atoms with Crippen molar-refractivity contribution < 1.29 is 0 Å². The highest BCUT2D eigenvalue weighted by atomic mass is 14.7. The molecule has 15 saturated carbocycles. The van der Waals surface area contributed by atoms with Crippen LogP contribution >= 0.6 is 0 Å². The van der Waals surface area contributed by atoms with Crippen LogP contribution in [0, 0.1) is 225 Å². The summed E-state index contributed by atoms with van der Waals surface area (Å²) in [6, 6.07) is 0. The molecule has 0 aromatic heterocycles. The van der Waals surface area contributed by atoms with Crippen molar-refractivity contribution in [1.82, 2.24) is 0 Å². The van der Waals surface area contributed by atoms with Gasteiger partial charge < -0.3 is 0 Å². The summed E-state index contributed by atoms with van der Waals surface area (Å²) in [5.41, 5.74) is 23.2. The molecule has 0 nitrogen and oxygen atoms in total. The molecule has 0 bridgehead atoms. The lowest BCUT2D eigenvalue weighted by Gasteiger charge is -2.58. The Hall–Kier alpha value is -2.34. The zero-order valence-corrected chi connectivity index (χ0v) is 87.1. The normalized spacial score (nSPS) is 54.3. The van der Waals surface area contributed by atoms with Crippen LogP contribution in [-0.2, 0) is 0 Å². The maximum atomic E-state index is 2.71. The second-order valence-corrected chi connectivity index (χ2v) is 56.3. The molecule has 33 unspecified atom stereocenters. The molecule has 0 N–H and O–H groups in total. The van der Waals surface area contributed by atoms with E-state index in [4.69, 9.17) is 0 Å². The molecule has 24 aliphatic rings. The predicted molar refractivity (Wildman–Crippen MR) is 540 cm³/mol. The minimum Gasteiger partial charge on any atom is -0.0847 e. The minimum atomic E-state index is 0.533. The Labute approximate surface area is 779 Å². The van der Waals surface area contributed by atoms with E-state index in [0.717, 1.165) is 160 Å². The van der Waals surface area contributed by atoms with Crippen LogP contribution in [0.1, 0.15) is 455 Å². The van der Waals surface area contributed by atoms with Crippen LogP contribution in [0.15, 0.2) is 105 Å². The molecule has 0 aromatic rings. The van der Waals surface area contributed by atoms with Gasteiger partial charge in [0.05, 0.1) is 0 Å². The van der Waals surface area contributed by atoms with E-state index in [1.54, 1.807) is 16.7 Å². The summed E-state index contributed by atoms with van der Waals surface area (Å²) in [4.78, 5) is 0. The average Bonchev–Trinajstić information content (AvgIpc) is 1.45. The summed E-state index contributed by atoms with van der Waals surface area (Å²) in [5, 5.41) is 0. The van der Waals surface area contributed by atoms with Crippen LogP contribution in [0.3, 0.4) is 0 Å². The van der Waals surface area contributed by atoms with Crippen molar-refractivity contribution >= 4 is 0 Å². The summed E-state index contributed by atoms with van der Waals surface area (Å²) in [5.74, 6) is 26.1. The quantitative estimate of drug-likeness (QED) is 0.212. The van der Waals surface area contributed by atoms with E-state index < -0.39 is 0 Å². The van der Waals surface area contributed by atoms with Crippen molar-refractivity contribution in [3.05, 3.63) is 105 Å². The first kappa shape index (κ1) is 92.7. The molecule has 0 aliphatic heterocycles. The monoisotopic (exact) mass is 1710 g/mol. The smallest absolute Gasteiger partial charge is 0.00850 e. The standard InChI is InChI=1S/3C21H34.3C21H32/c6*1-14-9-11-21(4)16(13-14)6-7-17-18-8-5-15(2)20(18,3)12-10-19(17)21/h13-15,17-19H,5-12H2,1-4H3;2*6,14-15,17-19H,5,7-13H2,1-4H3;5,13-14,17-19H,6-12H2,1-4H3;2*5-6,14,17-19H,7-13H2,1-4H3/t3*14-,15?,17?,18?,19?,20?,21?;3*14-,17?,18?,19?,20?,21?/m010010/s1.